The van der Waals surface area contributed by atoms with Crippen molar-refractivity contribution >= 4 is 23.3 Å². The first-order chi connectivity index (χ1) is 19.0. The fourth-order valence-electron chi connectivity index (χ4n) is 5.90. The summed E-state index contributed by atoms with van der Waals surface area (Å²) in [6, 6.07) is 4.68. The predicted octanol–water partition coefficient (Wildman–Crippen LogP) is 3.76. The van der Waals surface area contributed by atoms with Crippen molar-refractivity contribution in [1.82, 2.24) is 24.8 Å². The van der Waals surface area contributed by atoms with Crippen LogP contribution in [0.15, 0.2) is 24.4 Å². The molecule has 1 aromatic carbocycles. The Morgan fingerprint density at radius 1 is 1.25 bits per heavy atom. The first-order valence-corrected chi connectivity index (χ1v) is 13.6. The molecule has 0 radical (unpaired) electrons. The summed E-state index contributed by atoms with van der Waals surface area (Å²) in [5.41, 5.74) is 7.30. The summed E-state index contributed by atoms with van der Waals surface area (Å²) in [6.45, 7) is 0.962. The van der Waals surface area contributed by atoms with Crippen molar-refractivity contribution in [1.29, 1.82) is 0 Å². The normalized spacial score (nSPS) is 23.5. The predicted molar refractivity (Wildman–Crippen MR) is 142 cm³/mol. The number of ether oxygens (including phenoxy) is 1. The molecule has 2 saturated carbocycles. The molecule has 4 N–H and O–H groups in total. The molecule has 3 aromatic rings. The van der Waals surface area contributed by atoms with Gasteiger partial charge in [-0.15, -0.1) is 5.10 Å². The summed E-state index contributed by atoms with van der Waals surface area (Å²) in [6.07, 6.45) is 6.10. The Labute approximate surface area is 229 Å². The molecule has 10 nitrogen and oxygen atoms in total. The van der Waals surface area contributed by atoms with Gasteiger partial charge in [0.1, 0.15) is 11.3 Å². The van der Waals surface area contributed by atoms with Gasteiger partial charge >= 0.3 is 6.61 Å². The first-order valence-electron chi connectivity index (χ1n) is 13.6. The van der Waals surface area contributed by atoms with E-state index >= 15 is 0 Å². The van der Waals surface area contributed by atoms with Crippen molar-refractivity contribution in [2.45, 2.75) is 83.2 Å². The summed E-state index contributed by atoms with van der Waals surface area (Å²) < 4.78 is 33.0. The van der Waals surface area contributed by atoms with Crippen LogP contribution in [0.2, 0.25) is 0 Å². The molecule has 0 bridgehead atoms. The number of nitrogen functional groups attached to an aromatic ring is 1. The molecule has 6 rings (SSSR count). The van der Waals surface area contributed by atoms with Crippen molar-refractivity contribution in [3.8, 4) is 17.0 Å². The molecule has 1 atom stereocenters. The second-order valence-electron chi connectivity index (χ2n) is 11.5. The van der Waals surface area contributed by atoms with Gasteiger partial charge in [0, 0.05) is 30.4 Å². The zero-order valence-corrected chi connectivity index (χ0v) is 22.4. The number of nitrogens with one attached hydrogen (secondary N) is 1. The van der Waals surface area contributed by atoms with E-state index in [4.69, 9.17) is 10.5 Å². The standard InChI is InChI=1S/C28H32F2N6O4/c1-14(15-3-4-15)35-13-17-11-16(12-20(40-27(29)30)21(17)26(35)38)19-7-10-36-24(33-19)22(23(31)34-36)25(37)32-18-5-8-28(2,39)9-6-18/h7,10-12,14-15,18,27,39H,3-6,8-9,13H2,1-2H3,(H2,31,34)(H,32,37)/t14-,18?,28?/m0/s1. The van der Waals surface area contributed by atoms with Crippen LogP contribution in [0.4, 0.5) is 14.6 Å². The van der Waals surface area contributed by atoms with Gasteiger partial charge in [0.2, 0.25) is 0 Å². The number of hydrogen-bond acceptors (Lipinski definition) is 7. The van der Waals surface area contributed by atoms with Gasteiger partial charge in [-0.05, 0) is 82.1 Å². The Kier molecular flexibility index (Phi) is 6.40. The number of aromatic nitrogens is 3. The molecule has 212 valence electrons. The second-order valence-corrected chi connectivity index (χ2v) is 11.5. The van der Waals surface area contributed by atoms with Gasteiger partial charge in [0.05, 0.1) is 16.9 Å². The Bertz CT molecular complexity index is 1490. The summed E-state index contributed by atoms with van der Waals surface area (Å²) in [7, 11) is 0. The number of nitrogens with two attached hydrogens (primary N) is 1. The SMILES string of the molecule is C[C@@H](C1CC1)N1Cc2cc(-c3ccn4nc(N)c(C(=O)NC5CCC(C)(O)CC5)c4n3)cc(OC(F)F)c2C1=O. The number of benzene rings is 1. The van der Waals surface area contributed by atoms with E-state index in [1.165, 1.54) is 10.6 Å². The summed E-state index contributed by atoms with van der Waals surface area (Å²) in [4.78, 5) is 32.8. The van der Waals surface area contributed by atoms with Crippen LogP contribution in [0.25, 0.3) is 16.9 Å². The highest BCUT2D eigenvalue weighted by Crippen LogP contribution is 2.42. The third kappa shape index (κ3) is 4.85. The summed E-state index contributed by atoms with van der Waals surface area (Å²) in [5, 5.41) is 17.4. The maximum atomic E-state index is 13.4. The molecule has 2 amide bonds. The number of rotatable bonds is 7. The van der Waals surface area contributed by atoms with Gasteiger partial charge in [-0.2, -0.15) is 8.78 Å². The van der Waals surface area contributed by atoms with Crippen molar-refractivity contribution in [2.24, 2.45) is 5.92 Å². The molecule has 1 aliphatic heterocycles. The van der Waals surface area contributed by atoms with Gasteiger partial charge in [-0.25, -0.2) is 9.50 Å². The summed E-state index contributed by atoms with van der Waals surface area (Å²) in [5.74, 6) is -0.504. The Morgan fingerprint density at radius 2 is 1.98 bits per heavy atom. The van der Waals surface area contributed by atoms with Crippen molar-refractivity contribution in [2.75, 3.05) is 5.73 Å². The average Bonchev–Trinajstić information content (AvgIpc) is 3.61. The van der Waals surface area contributed by atoms with Crippen molar-refractivity contribution in [3.63, 3.8) is 0 Å². The van der Waals surface area contributed by atoms with Gasteiger partial charge in [0.25, 0.3) is 11.8 Å². The van der Waals surface area contributed by atoms with Crippen LogP contribution in [0.1, 0.15) is 78.7 Å². The number of fused-ring (bicyclic) bond motifs is 2. The van der Waals surface area contributed by atoms with E-state index in [1.54, 1.807) is 30.2 Å². The number of hydrogen-bond donors (Lipinski definition) is 3. The molecule has 12 heteroatoms. The van der Waals surface area contributed by atoms with Gasteiger partial charge in [-0.1, -0.05) is 0 Å². The Hall–Kier alpha value is -3.80. The molecule has 40 heavy (non-hydrogen) atoms. The zero-order valence-electron chi connectivity index (χ0n) is 22.4. The lowest BCUT2D eigenvalue weighted by molar-refractivity contribution is -0.0501. The smallest absolute Gasteiger partial charge is 0.387 e. The van der Waals surface area contributed by atoms with Crippen LogP contribution in [0, 0.1) is 5.92 Å². The van der Waals surface area contributed by atoms with Crippen molar-refractivity contribution in [3.05, 3.63) is 41.1 Å². The molecular formula is C28H32F2N6O4. The van der Waals surface area contributed by atoms with Crippen LogP contribution < -0.4 is 15.8 Å². The molecule has 2 fully saturated rings. The molecule has 3 heterocycles. The molecular weight excluding hydrogens is 522 g/mol. The van der Waals surface area contributed by atoms with Gasteiger partial charge in [-0.3, -0.25) is 9.59 Å². The second kappa shape index (κ2) is 9.69. The van der Waals surface area contributed by atoms with E-state index < -0.39 is 18.1 Å². The van der Waals surface area contributed by atoms with Gasteiger partial charge in [0.15, 0.2) is 11.5 Å². The first kappa shape index (κ1) is 26.4. The lowest BCUT2D eigenvalue weighted by atomic mass is 9.83. The van der Waals surface area contributed by atoms with Crippen LogP contribution in [-0.4, -0.2) is 60.7 Å². The average molecular weight is 555 g/mol. The van der Waals surface area contributed by atoms with Gasteiger partial charge < -0.3 is 25.8 Å². The number of carbonyl (C=O) groups is 2. The summed E-state index contributed by atoms with van der Waals surface area (Å²) >= 11 is 0. The van der Waals surface area contributed by atoms with Crippen LogP contribution in [-0.2, 0) is 6.54 Å². The van der Waals surface area contributed by atoms with Crippen molar-refractivity contribution < 1.29 is 28.2 Å². The third-order valence-electron chi connectivity index (χ3n) is 8.44. The van der Waals surface area contributed by atoms with Crippen LogP contribution in [0.3, 0.4) is 0 Å². The number of aliphatic hydroxyl groups is 1. The van der Waals surface area contributed by atoms with E-state index in [2.05, 4.69) is 15.4 Å². The van der Waals surface area contributed by atoms with E-state index in [0.29, 0.717) is 55.0 Å². The minimum atomic E-state index is -3.11. The number of anilines is 1. The van der Waals surface area contributed by atoms with E-state index in [1.807, 2.05) is 6.92 Å². The number of halogens is 2. The highest BCUT2D eigenvalue weighted by atomic mass is 19.3. The number of carbonyl (C=O) groups excluding carboxylic acids is 2. The molecule has 3 aliphatic rings. The monoisotopic (exact) mass is 554 g/mol. The van der Waals surface area contributed by atoms with Crippen LogP contribution in [0.5, 0.6) is 5.75 Å². The minimum absolute atomic E-state index is 0.00310. The Morgan fingerprint density at radius 3 is 2.65 bits per heavy atom. The van der Waals surface area contributed by atoms with E-state index in [-0.39, 0.29) is 46.3 Å². The maximum Gasteiger partial charge on any atom is 0.387 e. The lowest BCUT2D eigenvalue weighted by Gasteiger charge is -2.33. The number of nitrogens with zero attached hydrogens (tertiary/aromatic N) is 4. The Balaban J connectivity index is 1.34. The topological polar surface area (TPSA) is 135 Å². The highest BCUT2D eigenvalue weighted by Gasteiger charge is 2.40. The molecule has 0 spiro atoms. The number of amides is 2. The highest BCUT2D eigenvalue weighted by molar-refractivity contribution is 6.05. The number of alkyl halides is 2. The molecule has 2 aliphatic carbocycles. The molecule has 2 aromatic heterocycles. The largest absolute Gasteiger partial charge is 0.434 e. The quantitative estimate of drug-likeness (QED) is 0.405. The maximum absolute atomic E-state index is 13.4. The fraction of sp³-hybridized carbons (Fsp3) is 0.500. The zero-order chi connectivity index (χ0) is 28.3. The third-order valence-corrected chi connectivity index (χ3v) is 8.44. The molecule has 0 saturated heterocycles. The van der Waals surface area contributed by atoms with E-state index in [0.717, 1.165) is 12.8 Å². The lowest BCUT2D eigenvalue weighted by Crippen LogP contribution is -2.42. The minimum Gasteiger partial charge on any atom is -0.434 e. The molecule has 0 unspecified atom stereocenters. The van der Waals surface area contributed by atoms with Crippen LogP contribution >= 0.6 is 0 Å². The fourth-order valence-corrected chi connectivity index (χ4v) is 5.90. The van der Waals surface area contributed by atoms with E-state index in [9.17, 15) is 23.5 Å².